The molecule has 1 heterocycles. The van der Waals surface area contributed by atoms with Crippen LogP contribution < -0.4 is 5.32 Å². The van der Waals surface area contributed by atoms with Crippen LogP contribution in [-0.2, 0) is 6.42 Å². The summed E-state index contributed by atoms with van der Waals surface area (Å²) in [5.41, 5.74) is 1.41. The Labute approximate surface area is 110 Å². The maximum absolute atomic E-state index is 13.3. The van der Waals surface area contributed by atoms with Gasteiger partial charge in [0.15, 0.2) is 0 Å². The summed E-state index contributed by atoms with van der Waals surface area (Å²) in [4.78, 5) is 0. The van der Waals surface area contributed by atoms with E-state index in [4.69, 9.17) is 0 Å². The monoisotopic (exact) mass is 249 g/mol. The van der Waals surface area contributed by atoms with E-state index in [0.717, 1.165) is 25.1 Å². The number of benzene rings is 1. The molecule has 1 aliphatic heterocycles. The lowest BCUT2D eigenvalue weighted by atomic mass is 9.65. The van der Waals surface area contributed by atoms with E-state index in [0.29, 0.717) is 11.8 Å². The first-order valence-electron chi connectivity index (χ1n) is 6.96. The zero-order chi connectivity index (χ0) is 13.2. The van der Waals surface area contributed by atoms with Gasteiger partial charge in [0.2, 0.25) is 0 Å². The van der Waals surface area contributed by atoms with Crippen molar-refractivity contribution in [3.63, 3.8) is 0 Å². The highest BCUT2D eigenvalue weighted by molar-refractivity contribution is 5.18. The topological polar surface area (TPSA) is 12.0 Å². The van der Waals surface area contributed by atoms with Crippen LogP contribution in [0.2, 0.25) is 0 Å². The van der Waals surface area contributed by atoms with Crippen LogP contribution in [0.25, 0.3) is 0 Å². The molecule has 0 saturated carbocycles. The minimum atomic E-state index is -0.119. The van der Waals surface area contributed by atoms with Crippen molar-refractivity contribution in [3.05, 3.63) is 35.6 Å². The second-order valence-corrected chi connectivity index (χ2v) is 6.27. The highest BCUT2D eigenvalue weighted by Gasteiger charge is 2.38. The smallest absolute Gasteiger partial charge is 0.123 e. The second kappa shape index (κ2) is 5.40. The molecule has 1 saturated heterocycles. The van der Waals surface area contributed by atoms with Gasteiger partial charge in [-0.25, -0.2) is 4.39 Å². The summed E-state index contributed by atoms with van der Waals surface area (Å²) >= 11 is 0. The fourth-order valence-corrected chi connectivity index (χ4v) is 3.44. The van der Waals surface area contributed by atoms with E-state index in [1.54, 1.807) is 6.07 Å². The van der Waals surface area contributed by atoms with Crippen LogP contribution in [-0.4, -0.2) is 13.1 Å². The van der Waals surface area contributed by atoms with Gasteiger partial charge in [-0.2, -0.15) is 0 Å². The molecule has 2 rings (SSSR count). The Morgan fingerprint density at radius 1 is 1.44 bits per heavy atom. The van der Waals surface area contributed by atoms with E-state index in [2.05, 4.69) is 26.1 Å². The Balaban J connectivity index is 2.18. The van der Waals surface area contributed by atoms with Gasteiger partial charge in [-0.05, 0) is 60.9 Å². The number of nitrogens with one attached hydrogen (secondary N) is 1. The van der Waals surface area contributed by atoms with Crippen molar-refractivity contribution in [2.75, 3.05) is 13.1 Å². The third kappa shape index (κ3) is 2.92. The fourth-order valence-electron chi connectivity index (χ4n) is 3.44. The Kier molecular flexibility index (Phi) is 4.06. The molecule has 0 amide bonds. The average Bonchev–Trinajstić information content (AvgIpc) is 2.28. The SMILES string of the molecule is CC(C)C1CNCCC1(C)Cc1cccc(F)c1. The molecule has 0 radical (unpaired) electrons. The first-order valence-corrected chi connectivity index (χ1v) is 6.96. The molecular weight excluding hydrogens is 225 g/mol. The number of halogens is 1. The minimum Gasteiger partial charge on any atom is -0.316 e. The Morgan fingerprint density at radius 2 is 2.22 bits per heavy atom. The molecule has 0 spiro atoms. The largest absolute Gasteiger partial charge is 0.316 e. The summed E-state index contributed by atoms with van der Waals surface area (Å²) in [5.74, 6) is 1.21. The maximum atomic E-state index is 13.3. The molecule has 1 aromatic rings. The van der Waals surface area contributed by atoms with Crippen LogP contribution in [0.1, 0.15) is 32.8 Å². The van der Waals surface area contributed by atoms with Crippen molar-refractivity contribution in [2.45, 2.75) is 33.6 Å². The summed E-state index contributed by atoms with van der Waals surface area (Å²) in [6, 6.07) is 7.08. The van der Waals surface area contributed by atoms with Gasteiger partial charge < -0.3 is 5.32 Å². The predicted octanol–water partition coefficient (Wildman–Crippen LogP) is 3.64. The highest BCUT2D eigenvalue weighted by Crippen LogP contribution is 2.40. The molecule has 0 aliphatic carbocycles. The Bertz CT molecular complexity index is 402. The minimum absolute atomic E-state index is 0.119. The van der Waals surface area contributed by atoms with E-state index in [1.165, 1.54) is 12.5 Å². The molecule has 1 N–H and O–H groups in total. The van der Waals surface area contributed by atoms with Crippen molar-refractivity contribution < 1.29 is 4.39 Å². The third-order valence-electron chi connectivity index (χ3n) is 4.43. The van der Waals surface area contributed by atoms with Crippen LogP contribution in [0.4, 0.5) is 4.39 Å². The quantitative estimate of drug-likeness (QED) is 0.862. The lowest BCUT2D eigenvalue weighted by Crippen LogP contribution is -2.46. The highest BCUT2D eigenvalue weighted by atomic mass is 19.1. The lowest BCUT2D eigenvalue weighted by Gasteiger charge is -2.44. The van der Waals surface area contributed by atoms with E-state index in [1.807, 2.05) is 12.1 Å². The summed E-state index contributed by atoms with van der Waals surface area (Å²) in [7, 11) is 0. The van der Waals surface area contributed by atoms with Crippen molar-refractivity contribution in [1.29, 1.82) is 0 Å². The summed E-state index contributed by atoms with van der Waals surface area (Å²) in [5, 5.41) is 3.49. The van der Waals surface area contributed by atoms with Crippen LogP contribution >= 0.6 is 0 Å². The van der Waals surface area contributed by atoms with Gasteiger partial charge in [-0.1, -0.05) is 32.9 Å². The standard InChI is InChI=1S/C16H24FN/c1-12(2)15-11-18-8-7-16(15,3)10-13-5-4-6-14(17)9-13/h4-6,9,12,15,18H,7-8,10-11H2,1-3H3. The van der Waals surface area contributed by atoms with Crippen molar-refractivity contribution >= 4 is 0 Å². The molecule has 2 heteroatoms. The molecule has 2 unspecified atom stereocenters. The zero-order valence-corrected chi connectivity index (χ0v) is 11.7. The molecule has 1 aliphatic rings. The predicted molar refractivity (Wildman–Crippen MR) is 74.0 cm³/mol. The van der Waals surface area contributed by atoms with E-state index in [9.17, 15) is 4.39 Å². The van der Waals surface area contributed by atoms with Crippen molar-refractivity contribution in [3.8, 4) is 0 Å². The number of hydrogen-bond donors (Lipinski definition) is 1. The molecule has 100 valence electrons. The normalized spacial score (nSPS) is 28.6. The Hall–Kier alpha value is -0.890. The molecule has 1 fully saturated rings. The van der Waals surface area contributed by atoms with Gasteiger partial charge in [0.05, 0.1) is 0 Å². The van der Waals surface area contributed by atoms with Gasteiger partial charge in [0.25, 0.3) is 0 Å². The average molecular weight is 249 g/mol. The number of rotatable bonds is 3. The molecule has 1 aromatic carbocycles. The maximum Gasteiger partial charge on any atom is 0.123 e. The van der Waals surface area contributed by atoms with Gasteiger partial charge in [0, 0.05) is 0 Å². The van der Waals surface area contributed by atoms with Crippen LogP contribution in [0.3, 0.4) is 0 Å². The zero-order valence-electron chi connectivity index (χ0n) is 11.7. The van der Waals surface area contributed by atoms with Gasteiger partial charge >= 0.3 is 0 Å². The molecule has 0 aromatic heterocycles. The van der Waals surface area contributed by atoms with Crippen molar-refractivity contribution in [2.24, 2.45) is 17.3 Å². The molecule has 1 nitrogen and oxygen atoms in total. The molecule has 18 heavy (non-hydrogen) atoms. The molecule has 0 bridgehead atoms. The summed E-state index contributed by atoms with van der Waals surface area (Å²) in [6.07, 6.45) is 2.15. The summed E-state index contributed by atoms with van der Waals surface area (Å²) in [6.45, 7) is 9.12. The van der Waals surface area contributed by atoms with Crippen LogP contribution in [0, 0.1) is 23.1 Å². The first-order chi connectivity index (χ1) is 8.51. The summed E-state index contributed by atoms with van der Waals surface area (Å²) < 4.78 is 13.3. The number of hydrogen-bond acceptors (Lipinski definition) is 1. The first kappa shape index (κ1) is 13.5. The Morgan fingerprint density at radius 3 is 2.89 bits per heavy atom. The van der Waals surface area contributed by atoms with E-state index >= 15 is 0 Å². The van der Waals surface area contributed by atoms with Crippen LogP contribution in [0.5, 0.6) is 0 Å². The van der Waals surface area contributed by atoms with Gasteiger partial charge in [-0.3, -0.25) is 0 Å². The van der Waals surface area contributed by atoms with Gasteiger partial charge in [0.1, 0.15) is 5.82 Å². The van der Waals surface area contributed by atoms with Gasteiger partial charge in [-0.15, -0.1) is 0 Å². The number of piperidine rings is 1. The lowest BCUT2D eigenvalue weighted by molar-refractivity contribution is 0.0901. The van der Waals surface area contributed by atoms with E-state index < -0.39 is 0 Å². The van der Waals surface area contributed by atoms with Crippen LogP contribution in [0.15, 0.2) is 24.3 Å². The molecule has 2 atom stereocenters. The van der Waals surface area contributed by atoms with E-state index in [-0.39, 0.29) is 11.2 Å². The third-order valence-corrected chi connectivity index (χ3v) is 4.43. The fraction of sp³-hybridized carbons (Fsp3) is 0.625. The second-order valence-electron chi connectivity index (χ2n) is 6.27. The van der Waals surface area contributed by atoms with Crippen molar-refractivity contribution in [1.82, 2.24) is 5.32 Å². The molecular formula is C16H24FN.